The number of rotatable bonds is 2. The highest BCUT2D eigenvalue weighted by atomic mass is 14.6. The van der Waals surface area contributed by atoms with Crippen molar-refractivity contribution in [3.05, 3.63) is 11.6 Å². The first-order chi connectivity index (χ1) is 4.67. The summed E-state index contributed by atoms with van der Waals surface area (Å²) in [6, 6.07) is 0. The highest BCUT2D eigenvalue weighted by Crippen LogP contribution is 2.67. The fourth-order valence-corrected chi connectivity index (χ4v) is 2.55. The lowest BCUT2D eigenvalue weighted by Gasteiger charge is -2.25. The second-order valence-electron chi connectivity index (χ2n) is 4.34. The van der Waals surface area contributed by atoms with E-state index in [4.69, 9.17) is 0 Å². The van der Waals surface area contributed by atoms with Crippen molar-refractivity contribution in [1.29, 1.82) is 0 Å². The van der Waals surface area contributed by atoms with E-state index in [9.17, 15) is 0 Å². The lowest BCUT2D eigenvalue weighted by atomic mass is 9.79. The molecule has 2 aliphatic rings. The molecule has 0 aromatic heterocycles. The molecule has 10 heavy (non-hydrogen) atoms. The third-order valence-electron chi connectivity index (χ3n) is 3.02. The van der Waals surface area contributed by atoms with Crippen molar-refractivity contribution in [2.45, 2.75) is 33.6 Å². The minimum Gasteiger partial charge on any atom is -0.0784 e. The first kappa shape index (κ1) is 6.45. The van der Waals surface area contributed by atoms with Crippen molar-refractivity contribution < 1.29 is 0 Å². The second kappa shape index (κ2) is 1.66. The van der Waals surface area contributed by atoms with E-state index in [0.29, 0.717) is 5.41 Å². The van der Waals surface area contributed by atoms with Crippen LogP contribution in [-0.4, -0.2) is 0 Å². The Bertz CT molecular complexity index is 186. The minimum atomic E-state index is 0.565. The molecule has 0 N–H and O–H groups in total. The Morgan fingerprint density at radius 1 is 1.50 bits per heavy atom. The molecule has 0 aliphatic heterocycles. The zero-order valence-corrected chi connectivity index (χ0v) is 7.15. The van der Waals surface area contributed by atoms with Crippen molar-refractivity contribution in [3.63, 3.8) is 0 Å². The molecule has 0 bridgehead atoms. The molecule has 1 saturated carbocycles. The van der Waals surface area contributed by atoms with Crippen molar-refractivity contribution in [1.82, 2.24) is 0 Å². The van der Waals surface area contributed by atoms with Crippen LogP contribution in [0.1, 0.15) is 33.6 Å². The summed E-state index contributed by atoms with van der Waals surface area (Å²) in [5.41, 5.74) is 2.33. The van der Waals surface area contributed by atoms with Gasteiger partial charge in [-0.1, -0.05) is 38.8 Å². The average Bonchev–Trinajstić information content (AvgIpc) is 2.39. The van der Waals surface area contributed by atoms with Crippen LogP contribution in [0.5, 0.6) is 0 Å². The van der Waals surface area contributed by atoms with Gasteiger partial charge in [-0.2, -0.15) is 0 Å². The van der Waals surface area contributed by atoms with Crippen LogP contribution in [0.25, 0.3) is 0 Å². The van der Waals surface area contributed by atoms with E-state index in [1.807, 2.05) is 0 Å². The maximum absolute atomic E-state index is 2.47. The summed E-state index contributed by atoms with van der Waals surface area (Å²) in [7, 11) is 0. The van der Waals surface area contributed by atoms with Crippen LogP contribution in [0, 0.1) is 17.3 Å². The first-order valence-electron chi connectivity index (χ1n) is 4.39. The molecule has 0 nitrogen and oxygen atoms in total. The fourth-order valence-electron chi connectivity index (χ4n) is 2.55. The summed E-state index contributed by atoms with van der Waals surface area (Å²) in [6.45, 7) is 7.00. The molecule has 2 unspecified atom stereocenters. The van der Waals surface area contributed by atoms with E-state index in [0.717, 1.165) is 11.8 Å². The van der Waals surface area contributed by atoms with Gasteiger partial charge in [-0.3, -0.25) is 0 Å². The Hall–Kier alpha value is -0.260. The third-order valence-corrected chi connectivity index (χ3v) is 3.02. The fraction of sp³-hybridized carbons (Fsp3) is 0.800. The van der Waals surface area contributed by atoms with Crippen molar-refractivity contribution >= 4 is 0 Å². The predicted molar refractivity (Wildman–Crippen MR) is 43.8 cm³/mol. The molecule has 0 heterocycles. The largest absolute Gasteiger partial charge is 0.0784 e. The Kier molecular flexibility index (Phi) is 1.07. The highest BCUT2D eigenvalue weighted by molar-refractivity contribution is 5.44. The molecular weight excluding hydrogens is 120 g/mol. The summed E-state index contributed by atoms with van der Waals surface area (Å²) in [6.07, 6.45) is 5.26. The number of hydrogen-bond acceptors (Lipinski definition) is 0. The molecule has 1 fully saturated rings. The Morgan fingerprint density at radius 2 is 2.20 bits per heavy atom. The minimum absolute atomic E-state index is 0.565. The maximum Gasteiger partial charge on any atom is -0.00482 e. The Morgan fingerprint density at radius 3 is 2.50 bits per heavy atom. The van der Waals surface area contributed by atoms with E-state index >= 15 is 0 Å². The Labute approximate surface area is 63.3 Å². The van der Waals surface area contributed by atoms with Crippen molar-refractivity contribution in [2.75, 3.05) is 0 Å². The van der Waals surface area contributed by atoms with Crippen LogP contribution in [-0.2, 0) is 0 Å². The zero-order chi connectivity index (χ0) is 7.35. The summed E-state index contributed by atoms with van der Waals surface area (Å²) in [5, 5.41) is 0. The quantitative estimate of drug-likeness (QED) is 0.512. The summed E-state index contributed by atoms with van der Waals surface area (Å²) in [5.74, 6) is 1.99. The van der Waals surface area contributed by atoms with E-state index in [-0.39, 0.29) is 0 Å². The molecular formula is C10H16. The summed E-state index contributed by atoms with van der Waals surface area (Å²) >= 11 is 0. The van der Waals surface area contributed by atoms with Crippen molar-refractivity contribution in [2.24, 2.45) is 17.3 Å². The average molecular weight is 136 g/mol. The van der Waals surface area contributed by atoms with Gasteiger partial charge in [0, 0.05) is 0 Å². The standard InChI is InChI=1S/C10H16/c1-4-5-7-8-6-10(2,3)9(7)8/h6-7,9H,4-5H2,1-3H3. The van der Waals surface area contributed by atoms with Gasteiger partial charge in [0.25, 0.3) is 0 Å². The van der Waals surface area contributed by atoms with E-state index in [1.54, 1.807) is 5.57 Å². The smallest absolute Gasteiger partial charge is 0.00482 e. The molecule has 0 aromatic carbocycles. The van der Waals surface area contributed by atoms with Gasteiger partial charge >= 0.3 is 0 Å². The third kappa shape index (κ3) is 0.624. The maximum atomic E-state index is 2.47. The first-order valence-corrected chi connectivity index (χ1v) is 4.39. The topological polar surface area (TPSA) is 0 Å². The predicted octanol–water partition coefficient (Wildman–Crippen LogP) is 3.00. The number of fused-ring (bicyclic) bond motifs is 1. The van der Waals surface area contributed by atoms with E-state index < -0.39 is 0 Å². The van der Waals surface area contributed by atoms with Gasteiger partial charge in [0.05, 0.1) is 0 Å². The number of allylic oxidation sites excluding steroid dienone is 2. The molecule has 0 spiro atoms. The van der Waals surface area contributed by atoms with Gasteiger partial charge in [-0.05, 0) is 23.7 Å². The van der Waals surface area contributed by atoms with Gasteiger partial charge in [-0.25, -0.2) is 0 Å². The van der Waals surface area contributed by atoms with Gasteiger partial charge in [-0.15, -0.1) is 0 Å². The summed E-state index contributed by atoms with van der Waals surface area (Å²) in [4.78, 5) is 0. The van der Waals surface area contributed by atoms with Crippen LogP contribution in [0.2, 0.25) is 0 Å². The van der Waals surface area contributed by atoms with E-state index in [1.165, 1.54) is 12.8 Å². The molecule has 2 rings (SSSR count). The molecule has 2 atom stereocenters. The highest BCUT2D eigenvalue weighted by Gasteiger charge is 2.58. The SMILES string of the molecule is CCCC1C2=CC(C)(C)C21. The van der Waals surface area contributed by atoms with E-state index in [2.05, 4.69) is 26.8 Å². The molecule has 0 heteroatoms. The monoisotopic (exact) mass is 136 g/mol. The van der Waals surface area contributed by atoms with Gasteiger partial charge in [0.15, 0.2) is 0 Å². The normalized spacial score (nSPS) is 39.7. The van der Waals surface area contributed by atoms with Crippen molar-refractivity contribution in [3.8, 4) is 0 Å². The summed E-state index contributed by atoms with van der Waals surface area (Å²) < 4.78 is 0. The lowest BCUT2D eigenvalue weighted by Crippen LogP contribution is -2.16. The second-order valence-corrected chi connectivity index (χ2v) is 4.34. The molecule has 56 valence electrons. The molecule has 0 radical (unpaired) electrons. The lowest BCUT2D eigenvalue weighted by molar-refractivity contribution is 0.364. The Balaban J connectivity index is 1.98. The van der Waals surface area contributed by atoms with Crippen LogP contribution < -0.4 is 0 Å². The van der Waals surface area contributed by atoms with Crippen LogP contribution in [0.3, 0.4) is 0 Å². The number of hydrogen-bond donors (Lipinski definition) is 0. The van der Waals surface area contributed by atoms with Crippen LogP contribution >= 0.6 is 0 Å². The van der Waals surface area contributed by atoms with Crippen LogP contribution in [0.4, 0.5) is 0 Å². The van der Waals surface area contributed by atoms with Crippen LogP contribution in [0.15, 0.2) is 11.6 Å². The molecule has 0 aromatic rings. The molecule has 2 aliphatic carbocycles. The van der Waals surface area contributed by atoms with Gasteiger partial charge < -0.3 is 0 Å². The molecule has 0 saturated heterocycles. The van der Waals surface area contributed by atoms with Gasteiger partial charge in [0.1, 0.15) is 0 Å². The van der Waals surface area contributed by atoms with Gasteiger partial charge in [0.2, 0.25) is 0 Å². The zero-order valence-electron chi connectivity index (χ0n) is 7.15. The molecule has 0 amide bonds.